The minimum absolute atomic E-state index is 0. The van der Waals surface area contributed by atoms with E-state index in [0.717, 1.165) is 11.5 Å². The summed E-state index contributed by atoms with van der Waals surface area (Å²) in [5, 5.41) is 0. The van der Waals surface area contributed by atoms with E-state index in [1.54, 1.807) is 0 Å². The average Bonchev–Trinajstić information content (AvgIpc) is 2.21. The Morgan fingerprint density at radius 1 is 0.600 bits per heavy atom. The molecule has 0 saturated heterocycles. The minimum Gasteiger partial charge on any atom is -0.457 e. The van der Waals surface area contributed by atoms with Crippen molar-refractivity contribution in [2.75, 3.05) is 0 Å². The van der Waals surface area contributed by atoms with Crippen molar-refractivity contribution in [2.24, 2.45) is 0 Å². The SMILES string of the molecule is Br.N.c1ccc(Oc2ccccc2)cc1. The number of halogens is 1. The van der Waals surface area contributed by atoms with Crippen molar-refractivity contribution in [3.8, 4) is 11.5 Å². The summed E-state index contributed by atoms with van der Waals surface area (Å²) in [6.07, 6.45) is 0. The zero-order valence-electron chi connectivity index (χ0n) is 8.30. The van der Waals surface area contributed by atoms with Gasteiger partial charge in [-0.15, -0.1) is 17.0 Å². The van der Waals surface area contributed by atoms with Gasteiger partial charge in [0.15, 0.2) is 0 Å². The summed E-state index contributed by atoms with van der Waals surface area (Å²) in [6, 6.07) is 19.5. The number of ether oxygens (including phenoxy) is 1. The molecule has 80 valence electrons. The maximum absolute atomic E-state index is 5.58. The topological polar surface area (TPSA) is 44.2 Å². The third-order valence-electron chi connectivity index (χ3n) is 1.72. The first-order chi connectivity index (χ1) is 6.45. The highest BCUT2D eigenvalue weighted by Gasteiger charge is 1.92. The molecule has 0 aliphatic rings. The van der Waals surface area contributed by atoms with Crippen molar-refractivity contribution in [3.63, 3.8) is 0 Å². The Morgan fingerprint density at radius 2 is 0.933 bits per heavy atom. The Labute approximate surface area is 100 Å². The summed E-state index contributed by atoms with van der Waals surface area (Å²) < 4.78 is 5.58. The van der Waals surface area contributed by atoms with Crippen LogP contribution in [-0.4, -0.2) is 0 Å². The molecule has 2 rings (SSSR count). The van der Waals surface area contributed by atoms with Crippen LogP contribution >= 0.6 is 17.0 Å². The van der Waals surface area contributed by atoms with E-state index in [1.165, 1.54) is 0 Å². The van der Waals surface area contributed by atoms with Crippen molar-refractivity contribution >= 4 is 17.0 Å². The normalized spacial score (nSPS) is 8.27. The van der Waals surface area contributed by atoms with Crippen LogP contribution in [0.4, 0.5) is 0 Å². The molecule has 0 fully saturated rings. The van der Waals surface area contributed by atoms with Crippen molar-refractivity contribution in [3.05, 3.63) is 60.7 Å². The van der Waals surface area contributed by atoms with E-state index in [2.05, 4.69) is 0 Å². The average molecular weight is 268 g/mol. The van der Waals surface area contributed by atoms with Crippen LogP contribution in [0.3, 0.4) is 0 Å². The smallest absolute Gasteiger partial charge is 0.127 e. The third kappa shape index (κ3) is 4.14. The van der Waals surface area contributed by atoms with E-state index in [-0.39, 0.29) is 23.1 Å². The van der Waals surface area contributed by atoms with Crippen LogP contribution in [0.25, 0.3) is 0 Å². The van der Waals surface area contributed by atoms with E-state index >= 15 is 0 Å². The highest BCUT2D eigenvalue weighted by molar-refractivity contribution is 8.93. The lowest BCUT2D eigenvalue weighted by Gasteiger charge is -2.03. The van der Waals surface area contributed by atoms with E-state index in [0.29, 0.717) is 0 Å². The van der Waals surface area contributed by atoms with Gasteiger partial charge in [0.1, 0.15) is 11.5 Å². The predicted octanol–water partition coefficient (Wildman–Crippen LogP) is 4.22. The van der Waals surface area contributed by atoms with Crippen molar-refractivity contribution in [1.82, 2.24) is 6.15 Å². The minimum atomic E-state index is 0. The van der Waals surface area contributed by atoms with Gasteiger partial charge in [0.2, 0.25) is 0 Å². The Morgan fingerprint density at radius 3 is 1.27 bits per heavy atom. The number of hydrogen-bond acceptors (Lipinski definition) is 2. The molecule has 0 heterocycles. The van der Waals surface area contributed by atoms with Crippen molar-refractivity contribution < 1.29 is 4.74 Å². The van der Waals surface area contributed by atoms with Gasteiger partial charge in [0.25, 0.3) is 0 Å². The summed E-state index contributed by atoms with van der Waals surface area (Å²) in [5.41, 5.74) is 0. The first-order valence-electron chi connectivity index (χ1n) is 4.23. The van der Waals surface area contributed by atoms with Crippen LogP contribution in [0.2, 0.25) is 0 Å². The van der Waals surface area contributed by atoms with Gasteiger partial charge in [-0.05, 0) is 24.3 Å². The first kappa shape index (κ1) is 13.7. The highest BCUT2D eigenvalue weighted by Crippen LogP contribution is 2.19. The van der Waals surface area contributed by atoms with E-state index < -0.39 is 0 Å². The second-order valence-electron chi connectivity index (χ2n) is 2.73. The highest BCUT2D eigenvalue weighted by atomic mass is 79.9. The lowest BCUT2D eigenvalue weighted by atomic mass is 10.3. The Balaban J connectivity index is 0.000000980. The third-order valence-corrected chi connectivity index (χ3v) is 1.72. The second kappa shape index (κ2) is 7.04. The lowest BCUT2D eigenvalue weighted by Crippen LogP contribution is -1.81. The van der Waals surface area contributed by atoms with Crippen LogP contribution in [0.15, 0.2) is 60.7 Å². The maximum atomic E-state index is 5.58. The summed E-state index contributed by atoms with van der Waals surface area (Å²) in [4.78, 5) is 0. The van der Waals surface area contributed by atoms with Crippen LogP contribution < -0.4 is 10.9 Å². The quantitative estimate of drug-likeness (QED) is 0.886. The number of rotatable bonds is 2. The van der Waals surface area contributed by atoms with E-state index in [9.17, 15) is 0 Å². The predicted molar refractivity (Wildman–Crippen MR) is 68.3 cm³/mol. The molecule has 3 N–H and O–H groups in total. The molecular formula is C12H14BrNO. The Hall–Kier alpha value is -1.32. The van der Waals surface area contributed by atoms with Gasteiger partial charge in [0.05, 0.1) is 0 Å². The van der Waals surface area contributed by atoms with E-state index in [1.807, 2.05) is 60.7 Å². The van der Waals surface area contributed by atoms with Gasteiger partial charge in [0, 0.05) is 0 Å². The zero-order chi connectivity index (χ0) is 8.93. The Kier molecular flexibility index (Phi) is 6.42. The molecule has 2 aromatic carbocycles. The largest absolute Gasteiger partial charge is 0.457 e. The molecule has 0 aliphatic carbocycles. The van der Waals surface area contributed by atoms with Crippen molar-refractivity contribution in [1.29, 1.82) is 0 Å². The monoisotopic (exact) mass is 267 g/mol. The van der Waals surface area contributed by atoms with Crippen LogP contribution in [0, 0.1) is 0 Å². The van der Waals surface area contributed by atoms with Gasteiger partial charge in [-0.3, -0.25) is 0 Å². The number of hydrogen-bond donors (Lipinski definition) is 1. The van der Waals surface area contributed by atoms with E-state index in [4.69, 9.17) is 4.74 Å². The molecule has 0 aliphatic heterocycles. The summed E-state index contributed by atoms with van der Waals surface area (Å²) in [6.45, 7) is 0. The molecule has 0 spiro atoms. The number of benzene rings is 2. The molecule has 0 unspecified atom stereocenters. The fourth-order valence-electron chi connectivity index (χ4n) is 1.11. The van der Waals surface area contributed by atoms with Crippen LogP contribution in [-0.2, 0) is 0 Å². The molecule has 15 heavy (non-hydrogen) atoms. The Bertz CT molecular complexity index is 326. The molecule has 2 aromatic rings. The maximum Gasteiger partial charge on any atom is 0.127 e. The molecule has 0 bridgehead atoms. The second-order valence-corrected chi connectivity index (χ2v) is 2.73. The molecule has 0 aromatic heterocycles. The number of para-hydroxylation sites is 2. The van der Waals surface area contributed by atoms with Gasteiger partial charge in [-0.2, -0.15) is 0 Å². The molecule has 0 saturated carbocycles. The molecule has 0 amide bonds. The van der Waals surface area contributed by atoms with Gasteiger partial charge in [-0.25, -0.2) is 0 Å². The van der Waals surface area contributed by atoms with Crippen molar-refractivity contribution in [2.45, 2.75) is 0 Å². The summed E-state index contributed by atoms with van der Waals surface area (Å²) in [5.74, 6) is 1.74. The molecule has 3 heteroatoms. The summed E-state index contributed by atoms with van der Waals surface area (Å²) >= 11 is 0. The molecule has 0 atom stereocenters. The van der Waals surface area contributed by atoms with Crippen LogP contribution in [0.1, 0.15) is 0 Å². The first-order valence-corrected chi connectivity index (χ1v) is 4.23. The molecule has 2 nitrogen and oxygen atoms in total. The fourth-order valence-corrected chi connectivity index (χ4v) is 1.11. The summed E-state index contributed by atoms with van der Waals surface area (Å²) in [7, 11) is 0. The molecule has 0 radical (unpaired) electrons. The van der Waals surface area contributed by atoms with Gasteiger partial charge >= 0.3 is 0 Å². The van der Waals surface area contributed by atoms with Gasteiger partial charge < -0.3 is 10.9 Å². The molecular weight excluding hydrogens is 254 g/mol. The lowest BCUT2D eigenvalue weighted by molar-refractivity contribution is 0.482. The zero-order valence-corrected chi connectivity index (χ0v) is 10.0. The van der Waals surface area contributed by atoms with Gasteiger partial charge in [-0.1, -0.05) is 36.4 Å². The standard InChI is InChI=1S/C12H10O.BrH.H3N/c1-3-7-11(8-4-1)13-12-9-5-2-6-10-12;;/h1-10H;1H;1H3. The van der Waals surface area contributed by atoms with Crippen LogP contribution in [0.5, 0.6) is 11.5 Å². The fraction of sp³-hybridized carbons (Fsp3) is 0.